The van der Waals surface area contributed by atoms with Crippen molar-refractivity contribution < 1.29 is 24.5 Å². The van der Waals surface area contributed by atoms with E-state index in [2.05, 4.69) is 14.1 Å². The molecule has 0 aliphatic carbocycles. The van der Waals surface area contributed by atoms with Crippen LogP contribution in [0, 0.1) is 0 Å². The second-order valence-electron chi connectivity index (χ2n) is 5.80. The largest absolute Gasteiger partial charge is 0.504 e. The van der Waals surface area contributed by atoms with Gasteiger partial charge in [0.1, 0.15) is 19.3 Å². The highest BCUT2D eigenvalue weighted by Crippen LogP contribution is 2.33. The maximum absolute atomic E-state index is 9.95. The first-order valence-electron chi connectivity index (χ1n) is 6.50. The van der Waals surface area contributed by atoms with Gasteiger partial charge in [-0.2, -0.15) is 0 Å². The Balaban J connectivity index is 2.16. The number of phenolic OH excluding ortho intramolecular Hbond substituents is 1. The lowest BCUT2D eigenvalue weighted by Crippen LogP contribution is -2.43. The van der Waals surface area contributed by atoms with Crippen LogP contribution in [0.4, 0.5) is 0 Å². The number of aliphatic hydroxyl groups excluding tert-OH is 2. The molecule has 2 rings (SSSR count). The van der Waals surface area contributed by atoms with Gasteiger partial charge in [-0.1, -0.05) is 0 Å². The Morgan fingerprint density at radius 3 is 2.74 bits per heavy atom. The summed E-state index contributed by atoms with van der Waals surface area (Å²) in [6, 6.07) is 3.59. The van der Waals surface area contributed by atoms with Gasteiger partial charge in [-0.25, -0.2) is 0 Å². The number of hydrogen-bond acceptors (Lipinski definition) is 4. The molecular weight excluding hydrogens is 246 g/mol. The van der Waals surface area contributed by atoms with Crippen LogP contribution < -0.4 is 4.74 Å². The molecule has 0 radical (unpaired) electrons. The first-order valence-corrected chi connectivity index (χ1v) is 6.50. The standard InChI is InChI=1S/C14H21NO4/c1-15(2)4-3-10-6-14(19-9-12(17)8-16)13(18)5-11(10)7-15/h5-6,12,16-17H,3-4,7-9H2,1-2H3/p+1. The van der Waals surface area contributed by atoms with Gasteiger partial charge in [-0.3, -0.25) is 0 Å². The summed E-state index contributed by atoms with van der Waals surface area (Å²) >= 11 is 0. The molecule has 1 aliphatic heterocycles. The van der Waals surface area contributed by atoms with E-state index in [1.165, 1.54) is 5.56 Å². The number of likely N-dealkylation sites (N-methyl/N-ethyl adjacent to an activating group) is 1. The summed E-state index contributed by atoms with van der Waals surface area (Å²) in [5.74, 6) is 0.462. The number of quaternary nitrogens is 1. The number of ether oxygens (including phenoxy) is 1. The van der Waals surface area contributed by atoms with Gasteiger partial charge in [0.2, 0.25) is 0 Å². The topological polar surface area (TPSA) is 69.9 Å². The van der Waals surface area contributed by atoms with Crippen LogP contribution in [-0.2, 0) is 13.0 Å². The van der Waals surface area contributed by atoms with Crippen LogP contribution in [0.3, 0.4) is 0 Å². The molecule has 5 heteroatoms. The lowest BCUT2D eigenvalue weighted by molar-refractivity contribution is -0.905. The van der Waals surface area contributed by atoms with Crippen molar-refractivity contribution in [3.05, 3.63) is 23.3 Å². The SMILES string of the molecule is C[N+]1(C)CCc2cc(OCC(O)CO)c(O)cc2C1. The number of rotatable bonds is 4. The van der Waals surface area contributed by atoms with Crippen molar-refractivity contribution in [2.24, 2.45) is 0 Å². The molecule has 0 fully saturated rings. The Morgan fingerprint density at radius 2 is 2.05 bits per heavy atom. The fraction of sp³-hybridized carbons (Fsp3) is 0.571. The van der Waals surface area contributed by atoms with Crippen LogP contribution in [0.1, 0.15) is 11.1 Å². The molecule has 1 aliphatic rings. The molecular formula is C14H22NO4+. The van der Waals surface area contributed by atoms with Crippen LogP contribution >= 0.6 is 0 Å². The van der Waals surface area contributed by atoms with Gasteiger partial charge in [-0.05, 0) is 17.7 Å². The molecule has 0 saturated carbocycles. The minimum Gasteiger partial charge on any atom is -0.504 e. The predicted molar refractivity (Wildman–Crippen MR) is 71.1 cm³/mol. The number of aliphatic hydroxyl groups is 2. The van der Waals surface area contributed by atoms with E-state index in [1.54, 1.807) is 6.07 Å². The Morgan fingerprint density at radius 1 is 1.32 bits per heavy atom. The highest BCUT2D eigenvalue weighted by atomic mass is 16.5. The third-order valence-corrected chi connectivity index (χ3v) is 3.51. The van der Waals surface area contributed by atoms with Crippen LogP contribution in [0.15, 0.2) is 12.1 Å². The number of hydrogen-bond donors (Lipinski definition) is 3. The van der Waals surface area contributed by atoms with Gasteiger partial charge >= 0.3 is 0 Å². The molecule has 1 heterocycles. The van der Waals surface area contributed by atoms with Gasteiger partial charge in [0, 0.05) is 12.0 Å². The van der Waals surface area contributed by atoms with Crippen molar-refractivity contribution in [1.82, 2.24) is 0 Å². The molecule has 106 valence electrons. The van der Waals surface area contributed by atoms with Crippen molar-refractivity contribution in [3.63, 3.8) is 0 Å². The molecule has 1 aromatic carbocycles. The van der Waals surface area contributed by atoms with E-state index < -0.39 is 6.10 Å². The maximum Gasteiger partial charge on any atom is 0.161 e. The number of phenols is 1. The zero-order chi connectivity index (χ0) is 14.0. The average molecular weight is 268 g/mol. The predicted octanol–water partition coefficient (Wildman–Crippen LogP) is 0.257. The zero-order valence-corrected chi connectivity index (χ0v) is 11.5. The summed E-state index contributed by atoms with van der Waals surface area (Å²) in [7, 11) is 4.34. The van der Waals surface area contributed by atoms with E-state index in [-0.39, 0.29) is 19.0 Å². The van der Waals surface area contributed by atoms with E-state index in [1.807, 2.05) is 6.07 Å². The lowest BCUT2D eigenvalue weighted by Gasteiger charge is -2.35. The summed E-state index contributed by atoms with van der Waals surface area (Å²) in [5.41, 5.74) is 2.33. The summed E-state index contributed by atoms with van der Waals surface area (Å²) in [6.07, 6.45) is 0.0210. The van der Waals surface area contributed by atoms with Crippen LogP contribution in [0.5, 0.6) is 11.5 Å². The van der Waals surface area contributed by atoms with Gasteiger partial charge in [0.05, 0.1) is 27.2 Å². The number of benzene rings is 1. The summed E-state index contributed by atoms with van der Waals surface area (Å²) in [4.78, 5) is 0. The van der Waals surface area contributed by atoms with Crippen LogP contribution in [0.25, 0.3) is 0 Å². The van der Waals surface area contributed by atoms with Gasteiger partial charge < -0.3 is 24.5 Å². The van der Waals surface area contributed by atoms with E-state index in [0.717, 1.165) is 29.6 Å². The van der Waals surface area contributed by atoms with Crippen molar-refractivity contribution in [1.29, 1.82) is 0 Å². The van der Waals surface area contributed by atoms with E-state index in [4.69, 9.17) is 9.84 Å². The number of nitrogens with zero attached hydrogens (tertiary/aromatic N) is 1. The fourth-order valence-electron chi connectivity index (χ4n) is 2.35. The molecule has 0 aromatic heterocycles. The first-order chi connectivity index (χ1) is 8.91. The van der Waals surface area contributed by atoms with E-state index >= 15 is 0 Å². The number of aromatic hydroxyl groups is 1. The van der Waals surface area contributed by atoms with E-state index in [0.29, 0.717) is 5.75 Å². The van der Waals surface area contributed by atoms with Crippen LogP contribution in [-0.4, -0.2) is 59.8 Å². The second-order valence-corrected chi connectivity index (χ2v) is 5.80. The zero-order valence-electron chi connectivity index (χ0n) is 11.5. The lowest BCUT2D eigenvalue weighted by atomic mass is 9.98. The third-order valence-electron chi connectivity index (χ3n) is 3.51. The Bertz CT molecular complexity index is 459. The van der Waals surface area contributed by atoms with Gasteiger partial charge in [0.25, 0.3) is 0 Å². The third kappa shape index (κ3) is 3.37. The highest BCUT2D eigenvalue weighted by molar-refractivity contribution is 5.47. The van der Waals surface area contributed by atoms with Crippen molar-refractivity contribution >= 4 is 0 Å². The van der Waals surface area contributed by atoms with Gasteiger partial charge in [-0.15, -0.1) is 0 Å². The van der Waals surface area contributed by atoms with Gasteiger partial charge in [0.15, 0.2) is 11.5 Å². The molecule has 1 unspecified atom stereocenters. The monoisotopic (exact) mass is 268 g/mol. The Hall–Kier alpha value is -1.30. The maximum atomic E-state index is 9.95. The molecule has 19 heavy (non-hydrogen) atoms. The second kappa shape index (κ2) is 5.36. The Labute approximate surface area is 113 Å². The van der Waals surface area contributed by atoms with Crippen molar-refractivity contribution in [2.45, 2.75) is 19.1 Å². The summed E-state index contributed by atoms with van der Waals surface area (Å²) in [6.45, 7) is 1.57. The molecule has 0 amide bonds. The van der Waals surface area contributed by atoms with Crippen molar-refractivity contribution in [3.8, 4) is 11.5 Å². The smallest absolute Gasteiger partial charge is 0.161 e. The molecule has 0 bridgehead atoms. The molecule has 0 spiro atoms. The average Bonchev–Trinajstić information content (AvgIpc) is 2.35. The molecule has 5 nitrogen and oxygen atoms in total. The normalized spacial score (nSPS) is 18.7. The minimum absolute atomic E-state index is 0.0234. The number of fused-ring (bicyclic) bond motifs is 1. The van der Waals surface area contributed by atoms with E-state index in [9.17, 15) is 10.2 Å². The van der Waals surface area contributed by atoms with Crippen LogP contribution in [0.2, 0.25) is 0 Å². The quantitative estimate of drug-likeness (QED) is 0.685. The molecule has 1 atom stereocenters. The summed E-state index contributed by atoms with van der Waals surface area (Å²) < 4.78 is 6.25. The van der Waals surface area contributed by atoms with Crippen molar-refractivity contribution in [2.75, 3.05) is 33.9 Å². The fourth-order valence-corrected chi connectivity index (χ4v) is 2.35. The summed E-state index contributed by atoms with van der Waals surface area (Å²) in [5, 5.41) is 27.9. The molecule has 1 aromatic rings. The first kappa shape index (κ1) is 14.1. The minimum atomic E-state index is -0.925. The highest BCUT2D eigenvalue weighted by Gasteiger charge is 2.25. The Kier molecular flexibility index (Phi) is 3.99. The molecule has 3 N–H and O–H groups in total. The molecule has 0 saturated heterocycles.